The molecule has 0 bridgehead atoms. The zero-order valence-electron chi connectivity index (χ0n) is 16.5. The molecule has 0 radical (unpaired) electrons. The van der Waals surface area contributed by atoms with Gasteiger partial charge < -0.3 is 29.9 Å². The molecular formula is C22H27BrO6. The molecule has 5 unspecified atom stereocenters. The molecule has 0 saturated carbocycles. The minimum absolute atomic E-state index is 0.451. The molecule has 2 aromatic carbocycles. The van der Waals surface area contributed by atoms with Gasteiger partial charge in [-0.05, 0) is 60.7 Å². The molecule has 1 heterocycles. The normalized spacial score (nSPS) is 27.1. The van der Waals surface area contributed by atoms with Crippen LogP contribution in [0.15, 0.2) is 40.9 Å². The van der Waals surface area contributed by atoms with Gasteiger partial charge in [0, 0.05) is 4.47 Å². The molecule has 1 aliphatic heterocycles. The average molecular weight is 467 g/mol. The molecule has 1 aliphatic rings. The predicted octanol–water partition coefficient (Wildman–Crippen LogP) is 2.26. The van der Waals surface area contributed by atoms with Crippen LogP contribution in [0.5, 0.6) is 5.75 Å². The van der Waals surface area contributed by atoms with Crippen LogP contribution in [-0.2, 0) is 11.2 Å². The van der Waals surface area contributed by atoms with Crippen molar-refractivity contribution < 1.29 is 29.9 Å². The fraction of sp³-hybridized carbons (Fsp3) is 0.455. The SMILES string of the molecule is CCOc1ccc(Cc2cc(C3OC(CO)C(O)C(O)C3O)cc(Br)c2C)cc1. The molecule has 0 aliphatic carbocycles. The number of aliphatic hydroxyl groups excluding tert-OH is 4. The van der Waals surface area contributed by atoms with Crippen molar-refractivity contribution in [3.05, 3.63) is 63.1 Å². The number of hydrogen-bond donors (Lipinski definition) is 4. The van der Waals surface area contributed by atoms with Gasteiger partial charge >= 0.3 is 0 Å². The van der Waals surface area contributed by atoms with E-state index in [2.05, 4.69) is 15.9 Å². The van der Waals surface area contributed by atoms with Crippen molar-refractivity contribution in [2.45, 2.75) is 50.8 Å². The first-order valence-electron chi connectivity index (χ1n) is 9.66. The van der Waals surface area contributed by atoms with Crippen LogP contribution in [0, 0.1) is 6.92 Å². The molecule has 5 atom stereocenters. The summed E-state index contributed by atoms with van der Waals surface area (Å²) in [6.45, 7) is 4.12. The van der Waals surface area contributed by atoms with Crippen LogP contribution >= 0.6 is 15.9 Å². The van der Waals surface area contributed by atoms with Gasteiger partial charge in [-0.3, -0.25) is 0 Å². The number of halogens is 1. The van der Waals surface area contributed by atoms with Gasteiger partial charge in [-0.1, -0.05) is 34.1 Å². The second kappa shape index (κ2) is 9.55. The number of aliphatic hydroxyl groups is 4. The predicted molar refractivity (Wildman–Crippen MR) is 112 cm³/mol. The molecule has 1 saturated heterocycles. The molecule has 29 heavy (non-hydrogen) atoms. The van der Waals surface area contributed by atoms with Crippen LogP contribution in [0.2, 0.25) is 0 Å². The van der Waals surface area contributed by atoms with E-state index >= 15 is 0 Å². The summed E-state index contributed by atoms with van der Waals surface area (Å²) in [6, 6.07) is 11.7. The maximum Gasteiger partial charge on any atom is 0.119 e. The van der Waals surface area contributed by atoms with Crippen LogP contribution in [0.25, 0.3) is 0 Å². The summed E-state index contributed by atoms with van der Waals surface area (Å²) in [7, 11) is 0. The molecule has 1 fully saturated rings. The first kappa shape index (κ1) is 22.2. The third-order valence-corrected chi connectivity index (χ3v) is 6.15. The van der Waals surface area contributed by atoms with Crippen LogP contribution < -0.4 is 4.74 Å². The topological polar surface area (TPSA) is 99.4 Å². The van der Waals surface area contributed by atoms with Gasteiger partial charge in [0.2, 0.25) is 0 Å². The van der Waals surface area contributed by atoms with Crippen LogP contribution in [0.3, 0.4) is 0 Å². The van der Waals surface area contributed by atoms with E-state index in [1.165, 1.54) is 0 Å². The Hall–Kier alpha value is -1.48. The van der Waals surface area contributed by atoms with E-state index in [0.29, 0.717) is 18.6 Å². The van der Waals surface area contributed by atoms with Gasteiger partial charge in [-0.15, -0.1) is 0 Å². The van der Waals surface area contributed by atoms with Crippen molar-refractivity contribution in [2.24, 2.45) is 0 Å². The number of rotatable bonds is 6. The lowest BCUT2D eigenvalue weighted by atomic mass is 9.89. The highest BCUT2D eigenvalue weighted by atomic mass is 79.9. The third-order valence-electron chi connectivity index (χ3n) is 5.32. The van der Waals surface area contributed by atoms with Crippen molar-refractivity contribution in [3.8, 4) is 5.75 Å². The number of ether oxygens (including phenoxy) is 2. The Labute approximate surface area is 178 Å². The summed E-state index contributed by atoms with van der Waals surface area (Å²) in [5.41, 5.74) is 3.87. The monoisotopic (exact) mass is 466 g/mol. The van der Waals surface area contributed by atoms with E-state index in [1.807, 2.05) is 50.2 Å². The Morgan fingerprint density at radius 2 is 1.72 bits per heavy atom. The molecule has 7 heteroatoms. The van der Waals surface area contributed by atoms with Crippen LogP contribution in [-0.4, -0.2) is 58.1 Å². The van der Waals surface area contributed by atoms with Gasteiger partial charge in [-0.25, -0.2) is 0 Å². The fourth-order valence-electron chi connectivity index (χ4n) is 3.57. The first-order chi connectivity index (χ1) is 13.8. The largest absolute Gasteiger partial charge is 0.494 e. The highest BCUT2D eigenvalue weighted by Crippen LogP contribution is 2.36. The lowest BCUT2D eigenvalue weighted by molar-refractivity contribution is -0.231. The lowest BCUT2D eigenvalue weighted by Crippen LogP contribution is -2.55. The molecule has 2 aromatic rings. The van der Waals surface area contributed by atoms with Gasteiger partial charge in [0.05, 0.1) is 13.2 Å². The first-order valence-corrected chi connectivity index (χ1v) is 10.5. The zero-order chi connectivity index (χ0) is 21.1. The Morgan fingerprint density at radius 1 is 1.03 bits per heavy atom. The summed E-state index contributed by atoms with van der Waals surface area (Å²) in [5.74, 6) is 0.823. The van der Waals surface area contributed by atoms with Gasteiger partial charge in [0.25, 0.3) is 0 Å². The number of benzene rings is 2. The van der Waals surface area contributed by atoms with E-state index in [9.17, 15) is 20.4 Å². The van der Waals surface area contributed by atoms with E-state index < -0.39 is 37.1 Å². The summed E-state index contributed by atoms with van der Waals surface area (Å²) >= 11 is 3.57. The van der Waals surface area contributed by atoms with Crippen LogP contribution in [0.1, 0.15) is 35.3 Å². The summed E-state index contributed by atoms with van der Waals surface area (Å²) in [6.07, 6.45) is -5.21. The van der Waals surface area contributed by atoms with E-state index in [4.69, 9.17) is 9.47 Å². The Bertz CT molecular complexity index is 823. The van der Waals surface area contributed by atoms with Crippen molar-refractivity contribution in [1.29, 1.82) is 0 Å². The zero-order valence-corrected chi connectivity index (χ0v) is 18.0. The smallest absolute Gasteiger partial charge is 0.119 e. The van der Waals surface area contributed by atoms with Crippen molar-refractivity contribution in [3.63, 3.8) is 0 Å². The Kier molecular flexibility index (Phi) is 7.32. The minimum Gasteiger partial charge on any atom is -0.494 e. The van der Waals surface area contributed by atoms with Gasteiger partial charge in [-0.2, -0.15) is 0 Å². The molecule has 3 rings (SSSR count). The second-order valence-corrected chi connectivity index (χ2v) is 8.14. The third kappa shape index (κ3) is 4.82. The van der Waals surface area contributed by atoms with E-state index in [0.717, 1.165) is 26.9 Å². The Balaban J connectivity index is 1.89. The van der Waals surface area contributed by atoms with Crippen molar-refractivity contribution in [2.75, 3.05) is 13.2 Å². The van der Waals surface area contributed by atoms with Crippen LogP contribution in [0.4, 0.5) is 0 Å². The van der Waals surface area contributed by atoms with Crippen molar-refractivity contribution >= 4 is 15.9 Å². The fourth-order valence-corrected chi connectivity index (χ4v) is 4.09. The molecular weight excluding hydrogens is 440 g/mol. The number of hydrogen-bond acceptors (Lipinski definition) is 6. The molecule has 158 valence electrons. The van der Waals surface area contributed by atoms with E-state index in [-0.39, 0.29) is 0 Å². The molecule has 0 aromatic heterocycles. The summed E-state index contributed by atoms with van der Waals surface area (Å²) in [5, 5.41) is 40.0. The maximum absolute atomic E-state index is 10.5. The quantitative estimate of drug-likeness (QED) is 0.521. The van der Waals surface area contributed by atoms with Crippen molar-refractivity contribution in [1.82, 2.24) is 0 Å². The van der Waals surface area contributed by atoms with Gasteiger partial charge in [0.1, 0.15) is 36.3 Å². The Morgan fingerprint density at radius 3 is 2.34 bits per heavy atom. The average Bonchev–Trinajstić information content (AvgIpc) is 2.71. The second-order valence-electron chi connectivity index (χ2n) is 7.29. The summed E-state index contributed by atoms with van der Waals surface area (Å²) < 4.78 is 12.1. The molecule has 6 nitrogen and oxygen atoms in total. The van der Waals surface area contributed by atoms with Gasteiger partial charge in [0.15, 0.2) is 0 Å². The molecule has 0 amide bonds. The lowest BCUT2D eigenvalue weighted by Gasteiger charge is -2.40. The molecule has 0 spiro atoms. The highest BCUT2D eigenvalue weighted by Gasteiger charge is 2.44. The standard InChI is InChI=1S/C22H27BrO6/c1-3-28-16-6-4-13(5-7-16)8-14-9-15(10-17(23)12(14)2)22-21(27)20(26)19(25)18(11-24)29-22/h4-7,9-10,18-22,24-27H,3,8,11H2,1-2H3. The molecule has 4 N–H and O–H groups in total. The minimum atomic E-state index is -1.40. The summed E-state index contributed by atoms with van der Waals surface area (Å²) in [4.78, 5) is 0. The highest BCUT2D eigenvalue weighted by molar-refractivity contribution is 9.10. The van der Waals surface area contributed by atoms with E-state index in [1.54, 1.807) is 0 Å². The maximum atomic E-state index is 10.5.